The minimum atomic E-state index is -0.305. The van der Waals surface area contributed by atoms with Crippen molar-refractivity contribution in [1.29, 1.82) is 0 Å². The Balaban J connectivity index is 0.000000165. The monoisotopic (exact) mass is 1730 g/mol. The van der Waals surface area contributed by atoms with Crippen LogP contribution in [0.2, 0.25) is 0 Å². The molecule has 0 saturated heterocycles. The van der Waals surface area contributed by atoms with Gasteiger partial charge in [-0.25, -0.2) is 56.8 Å². The molecular formula is C104H102F5N11O8. The van der Waals surface area contributed by atoms with E-state index >= 15 is 0 Å². The van der Waals surface area contributed by atoms with E-state index < -0.39 is 0 Å². The van der Waals surface area contributed by atoms with Crippen LogP contribution >= 0.6 is 0 Å². The Labute approximate surface area is 743 Å². The van der Waals surface area contributed by atoms with E-state index in [0.717, 1.165) is 95.2 Å². The van der Waals surface area contributed by atoms with Gasteiger partial charge < -0.3 is 55.3 Å². The Morgan fingerprint density at radius 1 is 0.258 bits per heavy atom. The van der Waals surface area contributed by atoms with Crippen LogP contribution in [0.5, 0.6) is 41.2 Å². The molecular weight excluding hydrogens is 1630 g/mol. The minimum absolute atomic E-state index is 0.184. The van der Waals surface area contributed by atoms with Gasteiger partial charge in [0.25, 0.3) is 0 Å². The second-order valence-electron chi connectivity index (χ2n) is 28.5. The van der Waals surface area contributed by atoms with Crippen LogP contribution in [-0.4, -0.2) is 89.1 Å². The Kier molecular flexibility index (Phi) is 36.0. The molecule has 0 radical (unpaired) electrons. The molecule has 0 aliphatic heterocycles. The number of nitrogens with two attached hydrogens (primary N) is 3. The van der Waals surface area contributed by atoms with E-state index in [1.54, 1.807) is 107 Å². The number of aromatic amines is 1. The Morgan fingerprint density at radius 2 is 0.531 bits per heavy atom. The Bertz CT molecular complexity index is 6440. The molecule has 0 aliphatic rings. The number of aryl methyl sites for hydroxylation is 8. The van der Waals surface area contributed by atoms with Crippen LogP contribution in [0.4, 0.5) is 39.0 Å². The van der Waals surface area contributed by atoms with Crippen LogP contribution in [0.25, 0.3) is 90.1 Å². The summed E-state index contributed by atoms with van der Waals surface area (Å²) in [6.45, 7) is 18.2. The molecule has 0 spiro atoms. The lowest BCUT2D eigenvalue weighted by atomic mass is 10.0. The third-order valence-electron chi connectivity index (χ3n) is 19.5. The van der Waals surface area contributed by atoms with E-state index in [-0.39, 0.29) is 34.6 Å². The summed E-state index contributed by atoms with van der Waals surface area (Å²) in [4.78, 5) is 44.1. The first-order chi connectivity index (χ1) is 61.6. The van der Waals surface area contributed by atoms with Gasteiger partial charge in [0, 0.05) is 80.5 Å². The molecule has 0 unspecified atom stereocenters. The zero-order valence-electron chi connectivity index (χ0n) is 73.9. The highest BCUT2D eigenvalue weighted by molar-refractivity contribution is 5.72. The highest BCUT2D eigenvalue weighted by atomic mass is 19.1. The number of nitrogen functional groups attached to an aromatic ring is 3. The van der Waals surface area contributed by atoms with Crippen molar-refractivity contribution in [3.8, 4) is 131 Å². The topological polar surface area (TPSA) is 266 Å². The molecule has 16 aromatic rings. The van der Waals surface area contributed by atoms with E-state index in [9.17, 15) is 26.7 Å². The first-order valence-corrected chi connectivity index (χ1v) is 40.4. The highest BCUT2D eigenvalue weighted by Gasteiger charge is 2.15. The fraction of sp³-hybridized carbons (Fsp3) is 0.154. The van der Waals surface area contributed by atoms with Crippen LogP contribution in [0.15, 0.2) is 296 Å². The number of methoxy groups -OCH3 is 6. The maximum absolute atomic E-state index is 13.2. The number of anilines is 3. The lowest BCUT2D eigenvalue weighted by molar-refractivity contribution is 0.327. The fourth-order valence-electron chi connectivity index (χ4n) is 12.8. The molecule has 19 nitrogen and oxygen atoms in total. The van der Waals surface area contributed by atoms with Crippen LogP contribution in [0.3, 0.4) is 0 Å². The maximum Gasteiger partial charge on any atom is 0.248 e. The number of H-pyrrole nitrogens is 1. The molecule has 0 saturated carbocycles. The van der Waals surface area contributed by atoms with Gasteiger partial charge in [-0.05, 0) is 246 Å². The number of rotatable bonds is 16. The predicted molar refractivity (Wildman–Crippen MR) is 502 cm³/mol. The molecule has 24 heteroatoms. The first-order valence-electron chi connectivity index (χ1n) is 40.4. The van der Waals surface area contributed by atoms with E-state index in [2.05, 4.69) is 91.0 Å². The second-order valence-corrected chi connectivity index (χ2v) is 28.5. The molecule has 0 aliphatic carbocycles. The summed E-state index contributed by atoms with van der Waals surface area (Å²) >= 11 is 0. The van der Waals surface area contributed by atoms with Crippen LogP contribution < -0.4 is 55.9 Å². The number of nitrogens with zero attached hydrogens (tertiary/aromatic N) is 7. The molecule has 8 heterocycles. The molecule has 0 bridgehead atoms. The lowest BCUT2D eigenvalue weighted by Gasteiger charge is -2.08. The van der Waals surface area contributed by atoms with Crippen molar-refractivity contribution in [2.45, 2.75) is 62.3 Å². The molecule has 0 fully saturated rings. The van der Waals surface area contributed by atoms with Gasteiger partial charge in [0.1, 0.15) is 29.1 Å². The van der Waals surface area contributed by atoms with E-state index in [1.165, 1.54) is 97.6 Å². The zero-order valence-corrected chi connectivity index (χ0v) is 73.9. The van der Waals surface area contributed by atoms with Gasteiger partial charge in [-0.1, -0.05) is 121 Å². The Hall–Kier alpha value is -15.6. The third kappa shape index (κ3) is 27.7. The lowest BCUT2D eigenvalue weighted by Crippen LogP contribution is -2.04. The number of ether oxygens (including phenoxy) is 7. The quantitative estimate of drug-likeness (QED) is 0.0655. The van der Waals surface area contributed by atoms with Crippen molar-refractivity contribution in [2.75, 3.05) is 66.5 Å². The van der Waals surface area contributed by atoms with Crippen molar-refractivity contribution >= 4 is 17.1 Å². The number of hydrogen-bond donors (Lipinski definition) is 4. The summed E-state index contributed by atoms with van der Waals surface area (Å²) in [6.07, 6.45) is 0. The summed E-state index contributed by atoms with van der Waals surface area (Å²) in [7, 11) is 9.35. The van der Waals surface area contributed by atoms with Crippen LogP contribution in [0, 0.1) is 84.5 Å². The van der Waals surface area contributed by atoms with E-state index in [0.29, 0.717) is 87.5 Å². The van der Waals surface area contributed by atoms with E-state index in [1.807, 2.05) is 157 Å². The second kappa shape index (κ2) is 47.9. The van der Waals surface area contributed by atoms with Gasteiger partial charge in [0.05, 0.1) is 106 Å². The number of nitrogens with one attached hydrogen (secondary N) is 1. The van der Waals surface area contributed by atoms with Gasteiger partial charge in [-0.2, -0.15) is 0 Å². The molecule has 128 heavy (non-hydrogen) atoms. The average molecular weight is 1730 g/mol. The molecule has 0 atom stereocenters. The summed E-state index contributed by atoms with van der Waals surface area (Å²) in [6, 6.07) is 85.6. The first kappa shape index (κ1) is 96.2. The van der Waals surface area contributed by atoms with Crippen molar-refractivity contribution < 1.29 is 55.1 Å². The van der Waals surface area contributed by atoms with Gasteiger partial charge in [0.15, 0.2) is 0 Å². The molecule has 0 amide bonds. The number of pyridine rings is 8. The smallest absolute Gasteiger partial charge is 0.248 e. The van der Waals surface area contributed by atoms with Gasteiger partial charge in [0.2, 0.25) is 46.7 Å². The van der Waals surface area contributed by atoms with E-state index in [4.69, 9.17) is 50.4 Å². The standard InChI is InChI=1S/C14H15NO.2C13H13FN2O.2C13H12FNO.C13H14N2O.C13H13NO.C12H10FNO/c1-3-16-14-10-6-9-13(15-14)12-8-5-4-7-11(12)2;1-8-7-9(14)3-4-10(8)12-6-5-11(15)13(16-12)17-2;1-8-3-4-9(14)7-10(8)12-6-5-11(15)13(16-12)17-2;1-9-8-10(14)6-7-11(9)12-4-3-5-13(15-12)16-2;1-9-6-7-10(14)8-11(9)12-4-3-5-13(15-12)16-2;1-9-5-3-4-6-10(9)12-8-7-11(14)13(15-12)16-2;1-10-6-3-4-7-11(10)12-8-5-9-13(14-12)15-2;1-8-5-6-9(13)7-10(8)11-3-2-4-12(15)14-11/h4-10H,3H2,1-2H3;2*3-7H,15H2,1-2H3;2*3-8H,1-2H3;3-8H,14H2,1-2H3;3-9H,1-2H3;2-7H,1H3,(H,14,15). The molecule has 16 rings (SSSR count). The number of aromatic nitrogens is 8. The average Bonchev–Trinajstić information content (AvgIpc) is 0.818. The van der Waals surface area contributed by atoms with Gasteiger partial charge in [-0.3, -0.25) is 4.79 Å². The molecule has 8 aromatic heterocycles. The largest absolute Gasteiger partial charge is 0.481 e. The number of halogens is 5. The summed E-state index contributed by atoms with van der Waals surface area (Å²) < 4.78 is 101. The van der Waals surface area contributed by atoms with Crippen molar-refractivity contribution in [2.24, 2.45) is 0 Å². The molecule has 656 valence electrons. The van der Waals surface area contributed by atoms with Gasteiger partial charge >= 0.3 is 0 Å². The Morgan fingerprint density at radius 3 is 0.859 bits per heavy atom. The minimum Gasteiger partial charge on any atom is -0.481 e. The number of hydrogen-bond acceptors (Lipinski definition) is 18. The van der Waals surface area contributed by atoms with Gasteiger partial charge in [-0.15, -0.1) is 0 Å². The van der Waals surface area contributed by atoms with Crippen molar-refractivity contribution in [3.63, 3.8) is 0 Å². The van der Waals surface area contributed by atoms with Crippen molar-refractivity contribution in [3.05, 3.63) is 375 Å². The summed E-state index contributed by atoms with van der Waals surface area (Å²) in [5.74, 6) is 2.28. The fourth-order valence-corrected chi connectivity index (χ4v) is 12.8. The normalized spacial score (nSPS) is 10.2. The summed E-state index contributed by atoms with van der Waals surface area (Å²) in [5, 5.41) is 0. The molecule has 8 aromatic carbocycles. The van der Waals surface area contributed by atoms with Crippen molar-refractivity contribution in [1.82, 2.24) is 39.9 Å². The number of benzene rings is 8. The van der Waals surface area contributed by atoms with Crippen LogP contribution in [-0.2, 0) is 0 Å². The van der Waals surface area contributed by atoms with Crippen LogP contribution in [0.1, 0.15) is 51.4 Å². The zero-order chi connectivity index (χ0) is 92.3. The third-order valence-corrected chi connectivity index (χ3v) is 19.5. The highest BCUT2D eigenvalue weighted by Crippen LogP contribution is 2.34. The maximum atomic E-state index is 13.2. The SMILES string of the molecule is CCOc1cccc(-c2ccccc2C)n1.COc1cccc(-c2cc(F)ccc2C)n1.COc1cccc(-c2ccc(F)cc2C)n1.COc1cccc(-c2ccccc2C)n1.COc1nc(-c2cc(F)ccc2C)ccc1N.COc1nc(-c2ccc(F)cc2C)ccc1N.COc1nc(-c2ccccc2C)ccc1N.Cc1ccc(F)cc1-c1cccc(=O)[nH]1. The predicted octanol–water partition coefficient (Wildman–Crippen LogP) is 23.6. The summed E-state index contributed by atoms with van der Waals surface area (Å²) in [5.41, 5.74) is 40.3. The molecule has 7 N–H and O–H groups in total.